The number of nitrogens with zero attached hydrogens (tertiary/aromatic N) is 2. The van der Waals surface area contributed by atoms with E-state index in [1.165, 1.54) is 11.3 Å². The van der Waals surface area contributed by atoms with Crippen molar-refractivity contribution >= 4 is 26.5 Å². The maximum Gasteiger partial charge on any atom is 0.234 e. The van der Waals surface area contributed by atoms with Crippen molar-refractivity contribution in [2.45, 2.75) is 19.8 Å². The number of anilines is 1. The first kappa shape index (κ1) is 12.3. The predicted molar refractivity (Wildman–Crippen MR) is 60.4 cm³/mol. The van der Waals surface area contributed by atoms with Crippen LogP contribution in [-0.4, -0.2) is 30.9 Å². The van der Waals surface area contributed by atoms with Crippen LogP contribution in [0.2, 0.25) is 0 Å². The molecule has 8 heteroatoms. The van der Waals surface area contributed by atoms with Crippen molar-refractivity contribution < 1.29 is 8.42 Å². The summed E-state index contributed by atoms with van der Waals surface area (Å²) in [6.07, 6.45) is 1.19. The normalized spacial score (nSPS) is 11.6. The summed E-state index contributed by atoms with van der Waals surface area (Å²) in [4.78, 5) is 0. The van der Waals surface area contributed by atoms with Crippen LogP contribution in [0.3, 0.4) is 0 Å². The molecule has 3 N–H and O–H groups in total. The van der Waals surface area contributed by atoms with E-state index in [1.54, 1.807) is 6.92 Å². The summed E-state index contributed by atoms with van der Waals surface area (Å²) in [5, 5.41) is 8.59. The van der Waals surface area contributed by atoms with Gasteiger partial charge in [0.15, 0.2) is 0 Å². The van der Waals surface area contributed by atoms with Crippen LogP contribution >= 0.6 is 11.3 Å². The van der Waals surface area contributed by atoms with Crippen LogP contribution in [0, 0.1) is 0 Å². The van der Waals surface area contributed by atoms with E-state index >= 15 is 0 Å². The van der Waals surface area contributed by atoms with Crippen molar-refractivity contribution in [2.24, 2.45) is 5.73 Å². The average Bonchev–Trinajstić information content (AvgIpc) is 2.52. The minimum atomic E-state index is -3.26. The first-order valence-electron chi connectivity index (χ1n) is 4.60. The number of hydrogen-bond donors (Lipinski definition) is 2. The Labute approximate surface area is 93.0 Å². The van der Waals surface area contributed by atoms with Crippen molar-refractivity contribution in [3.63, 3.8) is 0 Å². The SMILES string of the molecule is CCCS(=O)(=O)Nc1nnc(CCN)s1. The summed E-state index contributed by atoms with van der Waals surface area (Å²) in [5.74, 6) is 0.0960. The van der Waals surface area contributed by atoms with Gasteiger partial charge in [-0.2, -0.15) is 0 Å². The van der Waals surface area contributed by atoms with Crippen LogP contribution in [0.5, 0.6) is 0 Å². The predicted octanol–water partition coefficient (Wildman–Crippen LogP) is 0.191. The van der Waals surface area contributed by atoms with Gasteiger partial charge in [0.2, 0.25) is 15.2 Å². The fraction of sp³-hybridized carbons (Fsp3) is 0.714. The first-order chi connectivity index (χ1) is 7.07. The van der Waals surface area contributed by atoms with Crippen LogP contribution in [0.15, 0.2) is 0 Å². The number of sulfonamides is 1. The van der Waals surface area contributed by atoms with E-state index in [9.17, 15) is 8.42 Å². The molecule has 0 saturated carbocycles. The molecule has 1 heterocycles. The van der Waals surface area contributed by atoms with Gasteiger partial charge >= 0.3 is 0 Å². The van der Waals surface area contributed by atoms with Gasteiger partial charge in [0.1, 0.15) is 5.01 Å². The molecule has 1 rings (SSSR count). The van der Waals surface area contributed by atoms with Gasteiger partial charge in [-0.1, -0.05) is 18.3 Å². The van der Waals surface area contributed by atoms with Crippen LogP contribution in [-0.2, 0) is 16.4 Å². The van der Waals surface area contributed by atoms with Gasteiger partial charge in [-0.15, -0.1) is 10.2 Å². The molecule has 0 aliphatic carbocycles. The third-order valence-corrected chi connectivity index (χ3v) is 4.02. The van der Waals surface area contributed by atoms with Gasteiger partial charge in [0.25, 0.3) is 0 Å². The standard InChI is InChI=1S/C7H14N4O2S2/c1-2-5-15(12,13)11-7-10-9-6(14-7)3-4-8/h2-5,8H2,1H3,(H,10,11). The lowest BCUT2D eigenvalue weighted by Gasteiger charge is -2.01. The molecule has 6 nitrogen and oxygen atoms in total. The second-order valence-electron chi connectivity index (χ2n) is 2.96. The van der Waals surface area contributed by atoms with Crippen molar-refractivity contribution in [2.75, 3.05) is 17.0 Å². The second-order valence-corrected chi connectivity index (χ2v) is 5.86. The largest absolute Gasteiger partial charge is 0.330 e. The Morgan fingerprint density at radius 2 is 2.20 bits per heavy atom. The van der Waals surface area contributed by atoms with E-state index in [-0.39, 0.29) is 5.75 Å². The molecule has 15 heavy (non-hydrogen) atoms. The molecule has 1 aromatic rings. The average molecular weight is 250 g/mol. The quantitative estimate of drug-likeness (QED) is 0.751. The molecule has 1 aromatic heterocycles. The molecule has 0 bridgehead atoms. The summed E-state index contributed by atoms with van der Waals surface area (Å²) in [6, 6.07) is 0. The lowest BCUT2D eigenvalue weighted by atomic mass is 10.5. The maximum absolute atomic E-state index is 11.4. The van der Waals surface area contributed by atoms with Crippen molar-refractivity contribution in [3.8, 4) is 0 Å². The van der Waals surface area contributed by atoms with Gasteiger partial charge in [-0.25, -0.2) is 8.42 Å². The van der Waals surface area contributed by atoms with E-state index < -0.39 is 10.0 Å². The van der Waals surface area contributed by atoms with Gasteiger partial charge in [-0.3, -0.25) is 4.72 Å². The molecule has 0 radical (unpaired) electrons. The monoisotopic (exact) mass is 250 g/mol. The fourth-order valence-electron chi connectivity index (χ4n) is 0.972. The van der Waals surface area contributed by atoms with Gasteiger partial charge in [0, 0.05) is 6.42 Å². The molecule has 0 atom stereocenters. The second kappa shape index (κ2) is 5.38. The van der Waals surface area contributed by atoms with Crippen LogP contribution in [0.4, 0.5) is 5.13 Å². The lowest BCUT2D eigenvalue weighted by molar-refractivity contribution is 0.600. The zero-order valence-corrected chi connectivity index (χ0v) is 10.1. The van der Waals surface area contributed by atoms with Gasteiger partial charge in [0.05, 0.1) is 5.75 Å². The molecule has 0 unspecified atom stereocenters. The lowest BCUT2D eigenvalue weighted by Crippen LogP contribution is -2.15. The maximum atomic E-state index is 11.4. The highest BCUT2D eigenvalue weighted by Crippen LogP contribution is 2.16. The molecular weight excluding hydrogens is 236 g/mol. The van der Waals surface area contributed by atoms with Crippen LogP contribution in [0.25, 0.3) is 0 Å². The molecule has 0 aromatic carbocycles. The molecule has 0 aliphatic rings. The third kappa shape index (κ3) is 4.10. The fourth-order valence-corrected chi connectivity index (χ4v) is 3.07. The summed E-state index contributed by atoms with van der Waals surface area (Å²) >= 11 is 1.22. The first-order valence-corrected chi connectivity index (χ1v) is 7.07. The highest BCUT2D eigenvalue weighted by Gasteiger charge is 2.12. The molecule has 86 valence electrons. The van der Waals surface area contributed by atoms with Gasteiger partial charge in [-0.05, 0) is 13.0 Å². The number of hydrogen-bond acceptors (Lipinski definition) is 6. The molecular formula is C7H14N4O2S2. The number of rotatable bonds is 6. The summed E-state index contributed by atoms with van der Waals surface area (Å²) in [6.45, 7) is 2.29. The summed E-state index contributed by atoms with van der Waals surface area (Å²) < 4.78 is 25.1. The van der Waals surface area contributed by atoms with E-state index in [2.05, 4.69) is 14.9 Å². The Morgan fingerprint density at radius 1 is 1.47 bits per heavy atom. The smallest absolute Gasteiger partial charge is 0.234 e. The molecule has 0 spiro atoms. The Kier molecular flexibility index (Phi) is 4.43. The molecule has 0 fully saturated rings. The van der Waals surface area contributed by atoms with Crippen molar-refractivity contribution in [1.29, 1.82) is 0 Å². The van der Waals surface area contributed by atoms with Crippen molar-refractivity contribution in [1.82, 2.24) is 10.2 Å². The Bertz CT molecular complexity index is 401. The zero-order chi connectivity index (χ0) is 11.3. The zero-order valence-electron chi connectivity index (χ0n) is 8.43. The Morgan fingerprint density at radius 3 is 2.80 bits per heavy atom. The number of nitrogens with one attached hydrogen (secondary N) is 1. The van der Waals surface area contributed by atoms with Crippen LogP contribution in [0.1, 0.15) is 18.4 Å². The topological polar surface area (TPSA) is 98.0 Å². The molecule has 0 saturated heterocycles. The minimum Gasteiger partial charge on any atom is -0.330 e. The van der Waals surface area contributed by atoms with E-state index in [4.69, 9.17) is 5.73 Å². The minimum absolute atomic E-state index is 0.0960. The Hall–Kier alpha value is -0.730. The summed E-state index contributed by atoms with van der Waals surface area (Å²) in [7, 11) is -3.26. The third-order valence-electron chi connectivity index (χ3n) is 1.54. The van der Waals surface area contributed by atoms with Gasteiger partial charge < -0.3 is 5.73 Å². The van der Waals surface area contributed by atoms with Crippen molar-refractivity contribution in [3.05, 3.63) is 5.01 Å². The van der Waals surface area contributed by atoms with E-state index in [1.807, 2.05) is 0 Å². The molecule has 0 aliphatic heterocycles. The number of aromatic nitrogens is 2. The van der Waals surface area contributed by atoms with E-state index in [0.717, 1.165) is 5.01 Å². The molecule has 0 amide bonds. The Balaban J connectivity index is 2.64. The summed E-state index contributed by atoms with van der Waals surface area (Å²) in [5.41, 5.74) is 5.34. The van der Waals surface area contributed by atoms with Crippen LogP contribution < -0.4 is 10.5 Å². The van der Waals surface area contributed by atoms with E-state index in [0.29, 0.717) is 24.5 Å². The number of nitrogens with two attached hydrogens (primary N) is 1. The highest BCUT2D eigenvalue weighted by atomic mass is 32.2. The highest BCUT2D eigenvalue weighted by molar-refractivity contribution is 7.92.